The van der Waals surface area contributed by atoms with Gasteiger partial charge in [-0.15, -0.1) is 0 Å². The van der Waals surface area contributed by atoms with Crippen molar-refractivity contribution in [2.45, 2.75) is 11.3 Å². The molecule has 0 saturated carbocycles. The van der Waals surface area contributed by atoms with Gasteiger partial charge in [-0.2, -0.15) is 0 Å². The monoisotopic (exact) mass is 300 g/mol. The number of hydrogen-bond donors (Lipinski definition) is 2. The zero-order valence-electron chi connectivity index (χ0n) is 8.90. The fourth-order valence-electron chi connectivity index (χ4n) is 0.977. The number of carbonyl (C=O) groups is 2. The molecule has 19 heavy (non-hydrogen) atoms. The van der Waals surface area contributed by atoms with E-state index in [1.54, 1.807) is 4.72 Å². The molecule has 104 valence electrons. The van der Waals surface area contributed by atoms with E-state index in [9.17, 15) is 31.5 Å². The molecule has 2 amide bonds. The minimum Gasteiger partial charge on any atom is -0.369 e. The van der Waals surface area contributed by atoms with Gasteiger partial charge in [0.2, 0.25) is 17.6 Å². The van der Waals surface area contributed by atoms with Crippen molar-refractivity contribution in [2.75, 3.05) is 0 Å². The zero-order valence-corrected chi connectivity index (χ0v) is 9.72. The van der Waals surface area contributed by atoms with Crippen molar-refractivity contribution < 1.29 is 31.5 Å². The number of nitrogens with one attached hydrogen (secondary N) is 1. The number of carbonyl (C=O) groups excluding carboxylic acids is 2. The van der Waals surface area contributed by atoms with Crippen molar-refractivity contribution in [3.05, 3.63) is 29.1 Å². The minimum atomic E-state index is -2.30. The highest BCUT2D eigenvalue weighted by Crippen LogP contribution is 2.29. The van der Waals surface area contributed by atoms with Gasteiger partial charge < -0.3 is 5.73 Å². The first-order chi connectivity index (χ1) is 8.75. The number of nitrogens with two attached hydrogens (primary N) is 1. The second-order valence-corrected chi connectivity index (χ2v) is 3.99. The van der Waals surface area contributed by atoms with E-state index in [1.807, 2.05) is 0 Å². The summed E-state index contributed by atoms with van der Waals surface area (Å²) in [4.78, 5) is 20.0. The van der Waals surface area contributed by atoms with Crippen LogP contribution in [0.25, 0.3) is 0 Å². The molecule has 0 fully saturated rings. The van der Waals surface area contributed by atoms with Crippen LogP contribution in [-0.2, 0) is 9.59 Å². The van der Waals surface area contributed by atoms with E-state index < -0.39 is 52.2 Å². The van der Waals surface area contributed by atoms with Crippen molar-refractivity contribution in [3.63, 3.8) is 0 Å². The van der Waals surface area contributed by atoms with E-state index in [-0.39, 0.29) is 11.9 Å². The highest BCUT2D eigenvalue weighted by atomic mass is 32.2. The summed E-state index contributed by atoms with van der Waals surface area (Å²) in [6, 6.07) is 0. The first kappa shape index (κ1) is 15.2. The Morgan fingerprint density at radius 2 is 1.37 bits per heavy atom. The third-order valence-electron chi connectivity index (χ3n) is 1.77. The molecule has 0 atom stereocenters. The molecule has 1 aromatic rings. The molecule has 10 heteroatoms. The van der Waals surface area contributed by atoms with Crippen LogP contribution in [0.15, 0.2) is 4.90 Å². The molecule has 0 aliphatic heterocycles. The third kappa shape index (κ3) is 3.34. The van der Waals surface area contributed by atoms with Gasteiger partial charge in [0.25, 0.3) is 0 Å². The largest absolute Gasteiger partial charge is 0.369 e. The second-order valence-electron chi connectivity index (χ2n) is 3.17. The summed E-state index contributed by atoms with van der Waals surface area (Å²) in [6.07, 6.45) is -0.789. The molecule has 0 aliphatic rings. The maximum atomic E-state index is 13.1. The van der Waals surface area contributed by atoms with Crippen LogP contribution in [-0.4, -0.2) is 11.8 Å². The van der Waals surface area contributed by atoms with Gasteiger partial charge in [-0.1, -0.05) is 0 Å². The van der Waals surface area contributed by atoms with E-state index in [0.717, 1.165) is 0 Å². The number of hydrogen-bond acceptors (Lipinski definition) is 3. The summed E-state index contributed by atoms with van der Waals surface area (Å²) in [5, 5.41) is 0. The van der Waals surface area contributed by atoms with Crippen LogP contribution < -0.4 is 10.5 Å². The number of amides is 2. The second kappa shape index (κ2) is 5.87. The van der Waals surface area contributed by atoms with Crippen molar-refractivity contribution in [3.8, 4) is 0 Å². The van der Waals surface area contributed by atoms with E-state index in [2.05, 4.69) is 5.73 Å². The Bertz CT molecular complexity index is 523. The molecule has 0 radical (unpaired) electrons. The van der Waals surface area contributed by atoms with Crippen LogP contribution in [0.3, 0.4) is 0 Å². The summed E-state index contributed by atoms with van der Waals surface area (Å²) >= 11 is -0.143. The Morgan fingerprint density at radius 1 is 0.947 bits per heavy atom. The molecule has 1 rings (SSSR count). The summed E-state index contributed by atoms with van der Waals surface area (Å²) in [5.74, 6) is -12.8. The predicted octanol–water partition coefficient (Wildman–Crippen LogP) is 1.38. The van der Waals surface area contributed by atoms with Crippen LogP contribution >= 0.6 is 11.9 Å². The van der Waals surface area contributed by atoms with Gasteiger partial charge in [0.05, 0.1) is 0 Å². The molecule has 0 saturated heterocycles. The molecule has 1 aromatic carbocycles. The summed E-state index contributed by atoms with van der Waals surface area (Å²) < 4.78 is 66.2. The minimum absolute atomic E-state index is 0.143. The van der Waals surface area contributed by atoms with Gasteiger partial charge in [0.15, 0.2) is 23.3 Å². The lowest BCUT2D eigenvalue weighted by atomic mass is 10.3. The first-order valence-corrected chi connectivity index (χ1v) is 5.32. The van der Waals surface area contributed by atoms with Crippen molar-refractivity contribution in [2.24, 2.45) is 5.73 Å². The van der Waals surface area contributed by atoms with Gasteiger partial charge in [0.1, 0.15) is 11.3 Å². The average molecular weight is 300 g/mol. The Balaban J connectivity index is 2.97. The zero-order chi connectivity index (χ0) is 14.7. The SMILES string of the molecule is NC(=O)CC(=O)NSc1c(F)c(F)c(F)c(F)c1F. The Hall–Kier alpha value is -1.84. The van der Waals surface area contributed by atoms with Gasteiger partial charge in [-0.3, -0.25) is 14.3 Å². The Labute approximate surface area is 107 Å². The number of halogens is 5. The molecule has 0 aliphatic carbocycles. The third-order valence-corrected chi connectivity index (χ3v) is 2.66. The molecular formula is C9H5F5N2O2S. The van der Waals surface area contributed by atoms with E-state index in [4.69, 9.17) is 0 Å². The summed E-state index contributed by atoms with van der Waals surface area (Å²) in [5.41, 5.74) is 4.66. The number of benzene rings is 1. The first-order valence-electron chi connectivity index (χ1n) is 4.51. The van der Waals surface area contributed by atoms with Crippen LogP contribution in [0.1, 0.15) is 6.42 Å². The van der Waals surface area contributed by atoms with Crippen LogP contribution in [0.5, 0.6) is 0 Å². The van der Waals surface area contributed by atoms with Crippen LogP contribution in [0.2, 0.25) is 0 Å². The van der Waals surface area contributed by atoms with Crippen LogP contribution in [0.4, 0.5) is 22.0 Å². The van der Waals surface area contributed by atoms with Gasteiger partial charge in [-0.05, 0) is 11.9 Å². The van der Waals surface area contributed by atoms with E-state index in [1.165, 1.54) is 0 Å². The fourth-order valence-corrected chi connectivity index (χ4v) is 1.62. The van der Waals surface area contributed by atoms with Crippen molar-refractivity contribution in [1.29, 1.82) is 0 Å². The topological polar surface area (TPSA) is 72.2 Å². The predicted molar refractivity (Wildman–Crippen MR) is 54.0 cm³/mol. The molecule has 0 bridgehead atoms. The molecule has 4 nitrogen and oxygen atoms in total. The maximum Gasteiger partial charge on any atom is 0.239 e. The fraction of sp³-hybridized carbons (Fsp3) is 0.111. The maximum absolute atomic E-state index is 13.1. The lowest BCUT2D eigenvalue weighted by molar-refractivity contribution is -0.126. The highest BCUT2D eigenvalue weighted by molar-refractivity contribution is 7.98. The van der Waals surface area contributed by atoms with Crippen LogP contribution in [0, 0.1) is 29.1 Å². The molecular weight excluding hydrogens is 295 g/mol. The lowest BCUT2D eigenvalue weighted by Crippen LogP contribution is -2.24. The Morgan fingerprint density at radius 3 is 1.79 bits per heavy atom. The highest BCUT2D eigenvalue weighted by Gasteiger charge is 2.26. The smallest absolute Gasteiger partial charge is 0.239 e. The molecule has 3 N–H and O–H groups in total. The number of rotatable bonds is 4. The standard InChI is InChI=1S/C9H5F5N2O2S/c10-4-5(11)7(13)9(8(14)6(4)12)19-16-3(18)1-2(15)17/h1H2,(H2,15,17)(H,16,18). The van der Waals surface area contributed by atoms with Crippen molar-refractivity contribution >= 4 is 23.8 Å². The van der Waals surface area contributed by atoms with Gasteiger partial charge in [0, 0.05) is 0 Å². The van der Waals surface area contributed by atoms with Gasteiger partial charge >= 0.3 is 0 Å². The molecule has 0 aromatic heterocycles. The number of primary amides is 1. The van der Waals surface area contributed by atoms with Crippen molar-refractivity contribution in [1.82, 2.24) is 4.72 Å². The Kier molecular flexibility index (Phi) is 4.70. The molecule has 0 heterocycles. The van der Waals surface area contributed by atoms with E-state index in [0.29, 0.717) is 0 Å². The summed E-state index contributed by atoms with van der Waals surface area (Å²) in [6.45, 7) is 0. The quantitative estimate of drug-likeness (QED) is 0.290. The molecule has 0 spiro atoms. The summed E-state index contributed by atoms with van der Waals surface area (Å²) in [7, 11) is 0. The van der Waals surface area contributed by atoms with E-state index >= 15 is 0 Å². The normalized spacial score (nSPS) is 10.4. The van der Waals surface area contributed by atoms with Gasteiger partial charge in [-0.25, -0.2) is 22.0 Å². The molecule has 0 unspecified atom stereocenters. The average Bonchev–Trinajstić information content (AvgIpc) is 2.33. The lowest BCUT2D eigenvalue weighted by Gasteiger charge is -2.07.